The fraction of sp³-hybridized carbons (Fsp3) is 0.455. The van der Waals surface area contributed by atoms with Crippen LogP contribution in [0.5, 0.6) is 5.75 Å². The number of carbonyl (C=O) groups is 1. The zero-order valence-corrected chi connectivity index (χ0v) is 8.91. The van der Waals surface area contributed by atoms with E-state index in [1.54, 1.807) is 13.2 Å². The number of pyridine rings is 1. The van der Waals surface area contributed by atoms with Crippen molar-refractivity contribution in [2.45, 2.75) is 25.9 Å². The molecule has 1 heterocycles. The summed E-state index contributed by atoms with van der Waals surface area (Å²) in [6.45, 7) is 1.86. The minimum atomic E-state index is -0.162. The molecule has 1 fully saturated rings. The minimum Gasteiger partial charge on any atom is -0.489 e. The summed E-state index contributed by atoms with van der Waals surface area (Å²) in [6.07, 6.45) is 4.21. The number of aromatic nitrogens is 1. The lowest BCUT2D eigenvalue weighted by Gasteiger charge is -2.07. The number of rotatable bonds is 3. The zero-order valence-electron chi connectivity index (χ0n) is 8.91. The Hall–Kier alpha value is -1.58. The Kier molecular flexibility index (Phi) is 2.58. The molecule has 2 rings (SSSR count). The van der Waals surface area contributed by atoms with Crippen LogP contribution in [0.3, 0.4) is 0 Å². The van der Waals surface area contributed by atoms with Crippen LogP contribution in [0.1, 0.15) is 28.9 Å². The van der Waals surface area contributed by atoms with Gasteiger partial charge in [-0.25, -0.2) is 4.98 Å². The second-order valence-corrected chi connectivity index (χ2v) is 3.73. The van der Waals surface area contributed by atoms with Crippen molar-refractivity contribution in [3.05, 3.63) is 23.5 Å². The number of amides is 1. The van der Waals surface area contributed by atoms with Crippen LogP contribution >= 0.6 is 0 Å². The maximum absolute atomic E-state index is 11.4. The largest absolute Gasteiger partial charge is 0.489 e. The second kappa shape index (κ2) is 3.88. The molecule has 1 aliphatic carbocycles. The Labute approximate surface area is 88.7 Å². The maximum atomic E-state index is 11.4. The number of nitrogens with one attached hydrogen (secondary N) is 1. The summed E-state index contributed by atoms with van der Waals surface area (Å²) < 4.78 is 5.58. The molecule has 0 saturated heterocycles. The standard InChI is InChI=1S/C11H14N2O2/c1-7-5-9(15-8-3-4-8)6-13-10(7)11(14)12-2/h5-6,8H,3-4H2,1-2H3,(H,12,14). The molecule has 0 atom stereocenters. The molecule has 0 bridgehead atoms. The fourth-order valence-electron chi connectivity index (χ4n) is 1.35. The van der Waals surface area contributed by atoms with Crippen molar-refractivity contribution in [3.63, 3.8) is 0 Å². The van der Waals surface area contributed by atoms with Gasteiger partial charge in [0.1, 0.15) is 11.4 Å². The van der Waals surface area contributed by atoms with E-state index in [1.165, 1.54) is 0 Å². The summed E-state index contributed by atoms with van der Waals surface area (Å²) in [5.41, 5.74) is 1.30. The van der Waals surface area contributed by atoms with Crippen molar-refractivity contribution in [2.75, 3.05) is 7.05 Å². The van der Waals surface area contributed by atoms with Crippen LogP contribution in [0.15, 0.2) is 12.3 Å². The number of nitrogens with zero attached hydrogens (tertiary/aromatic N) is 1. The molecule has 15 heavy (non-hydrogen) atoms. The zero-order chi connectivity index (χ0) is 10.8. The predicted molar refractivity (Wildman–Crippen MR) is 56.0 cm³/mol. The van der Waals surface area contributed by atoms with Gasteiger partial charge in [0.2, 0.25) is 0 Å². The molecule has 1 aromatic heterocycles. The third-order valence-electron chi connectivity index (χ3n) is 2.32. The topological polar surface area (TPSA) is 51.2 Å². The van der Waals surface area contributed by atoms with Gasteiger partial charge in [0, 0.05) is 7.05 Å². The first-order chi connectivity index (χ1) is 7.20. The van der Waals surface area contributed by atoms with E-state index in [4.69, 9.17) is 4.74 Å². The van der Waals surface area contributed by atoms with Crippen LogP contribution in [0.2, 0.25) is 0 Å². The monoisotopic (exact) mass is 206 g/mol. The molecular weight excluding hydrogens is 192 g/mol. The Morgan fingerprint density at radius 2 is 2.33 bits per heavy atom. The Morgan fingerprint density at radius 1 is 1.60 bits per heavy atom. The second-order valence-electron chi connectivity index (χ2n) is 3.73. The summed E-state index contributed by atoms with van der Waals surface area (Å²) in [7, 11) is 1.60. The molecule has 1 aromatic rings. The smallest absolute Gasteiger partial charge is 0.269 e. The van der Waals surface area contributed by atoms with Crippen LogP contribution in [0.25, 0.3) is 0 Å². The lowest BCUT2D eigenvalue weighted by Crippen LogP contribution is -2.20. The lowest BCUT2D eigenvalue weighted by molar-refractivity contribution is 0.0957. The Bertz CT molecular complexity index is 386. The molecule has 1 amide bonds. The van der Waals surface area contributed by atoms with Crippen molar-refractivity contribution >= 4 is 5.91 Å². The first-order valence-electron chi connectivity index (χ1n) is 5.06. The summed E-state index contributed by atoms with van der Waals surface area (Å²) in [6, 6.07) is 1.86. The van der Waals surface area contributed by atoms with Crippen LogP contribution in [-0.4, -0.2) is 24.0 Å². The summed E-state index contributed by atoms with van der Waals surface area (Å²) in [5, 5.41) is 2.55. The van der Waals surface area contributed by atoms with Crippen molar-refractivity contribution in [3.8, 4) is 5.75 Å². The highest BCUT2D eigenvalue weighted by atomic mass is 16.5. The highest BCUT2D eigenvalue weighted by molar-refractivity contribution is 5.93. The van der Waals surface area contributed by atoms with Gasteiger partial charge >= 0.3 is 0 Å². The maximum Gasteiger partial charge on any atom is 0.269 e. The number of hydrogen-bond donors (Lipinski definition) is 1. The number of hydrogen-bond acceptors (Lipinski definition) is 3. The van der Waals surface area contributed by atoms with Gasteiger partial charge in [-0.3, -0.25) is 4.79 Å². The minimum absolute atomic E-state index is 0.162. The van der Waals surface area contributed by atoms with E-state index in [9.17, 15) is 4.79 Å². The number of aryl methyl sites for hydroxylation is 1. The molecule has 0 aromatic carbocycles. The quantitative estimate of drug-likeness (QED) is 0.810. The molecule has 4 nitrogen and oxygen atoms in total. The highest BCUT2D eigenvalue weighted by Gasteiger charge is 2.24. The van der Waals surface area contributed by atoms with E-state index in [0.717, 1.165) is 24.2 Å². The lowest BCUT2D eigenvalue weighted by atomic mass is 10.2. The molecule has 0 unspecified atom stereocenters. The van der Waals surface area contributed by atoms with E-state index < -0.39 is 0 Å². The summed E-state index contributed by atoms with van der Waals surface area (Å²) >= 11 is 0. The van der Waals surface area contributed by atoms with E-state index >= 15 is 0 Å². The van der Waals surface area contributed by atoms with Gasteiger partial charge < -0.3 is 10.1 Å². The van der Waals surface area contributed by atoms with E-state index in [0.29, 0.717) is 11.8 Å². The third-order valence-corrected chi connectivity index (χ3v) is 2.32. The van der Waals surface area contributed by atoms with Crippen LogP contribution < -0.4 is 10.1 Å². The molecule has 0 aliphatic heterocycles. The first-order valence-corrected chi connectivity index (χ1v) is 5.06. The average molecular weight is 206 g/mol. The molecule has 80 valence electrons. The van der Waals surface area contributed by atoms with Gasteiger partial charge in [0.25, 0.3) is 5.91 Å². The van der Waals surface area contributed by atoms with Gasteiger partial charge in [0.15, 0.2) is 0 Å². The van der Waals surface area contributed by atoms with Gasteiger partial charge in [-0.15, -0.1) is 0 Å². The predicted octanol–water partition coefficient (Wildman–Crippen LogP) is 1.29. The highest BCUT2D eigenvalue weighted by Crippen LogP contribution is 2.27. The van der Waals surface area contributed by atoms with Gasteiger partial charge in [0.05, 0.1) is 12.3 Å². The normalized spacial score (nSPS) is 14.8. The Balaban J connectivity index is 2.17. The average Bonchev–Trinajstić information content (AvgIpc) is 3.01. The van der Waals surface area contributed by atoms with E-state index in [1.807, 2.05) is 13.0 Å². The van der Waals surface area contributed by atoms with Gasteiger partial charge in [-0.05, 0) is 31.4 Å². The molecule has 0 radical (unpaired) electrons. The summed E-state index contributed by atoms with van der Waals surface area (Å²) in [4.78, 5) is 15.5. The van der Waals surface area contributed by atoms with Gasteiger partial charge in [-0.1, -0.05) is 0 Å². The Morgan fingerprint density at radius 3 is 2.87 bits per heavy atom. The molecule has 1 saturated carbocycles. The summed E-state index contributed by atoms with van der Waals surface area (Å²) in [5.74, 6) is 0.591. The molecule has 4 heteroatoms. The van der Waals surface area contributed by atoms with Crippen molar-refractivity contribution in [1.29, 1.82) is 0 Å². The van der Waals surface area contributed by atoms with Crippen LogP contribution in [0.4, 0.5) is 0 Å². The number of carbonyl (C=O) groups excluding carboxylic acids is 1. The first kappa shape index (κ1) is 9.96. The van der Waals surface area contributed by atoms with Gasteiger partial charge in [-0.2, -0.15) is 0 Å². The molecular formula is C11H14N2O2. The molecule has 1 N–H and O–H groups in total. The van der Waals surface area contributed by atoms with Crippen molar-refractivity contribution < 1.29 is 9.53 Å². The van der Waals surface area contributed by atoms with E-state index in [-0.39, 0.29) is 5.91 Å². The van der Waals surface area contributed by atoms with Crippen molar-refractivity contribution in [1.82, 2.24) is 10.3 Å². The van der Waals surface area contributed by atoms with Crippen LogP contribution in [-0.2, 0) is 0 Å². The fourth-order valence-corrected chi connectivity index (χ4v) is 1.35. The third kappa shape index (κ3) is 2.26. The van der Waals surface area contributed by atoms with Crippen LogP contribution in [0, 0.1) is 6.92 Å². The SMILES string of the molecule is CNC(=O)c1ncc(OC2CC2)cc1C. The van der Waals surface area contributed by atoms with Crippen molar-refractivity contribution in [2.24, 2.45) is 0 Å². The van der Waals surface area contributed by atoms with E-state index in [2.05, 4.69) is 10.3 Å². The number of ether oxygens (including phenoxy) is 1. The molecule has 0 spiro atoms. The molecule has 1 aliphatic rings.